The van der Waals surface area contributed by atoms with Gasteiger partial charge in [-0.3, -0.25) is 0 Å². The van der Waals surface area contributed by atoms with E-state index in [1.165, 1.54) is 0 Å². The third kappa shape index (κ3) is 1.33. The Bertz CT molecular complexity index is 304. The van der Waals surface area contributed by atoms with E-state index in [1.807, 2.05) is 25.3 Å². The van der Waals surface area contributed by atoms with Crippen LogP contribution in [0.15, 0.2) is 12.5 Å². The minimum absolute atomic E-state index is 0.438. The van der Waals surface area contributed by atoms with E-state index in [9.17, 15) is 0 Å². The summed E-state index contributed by atoms with van der Waals surface area (Å²) in [6.45, 7) is 6.70. The molecular weight excluding hydrogens is 150 g/mol. The Hall–Kier alpha value is -1.30. The molecule has 0 aromatic carbocycles. The van der Waals surface area contributed by atoms with Crippen LogP contribution in [-0.2, 0) is 12.0 Å². The van der Waals surface area contributed by atoms with Crippen molar-refractivity contribution >= 4 is 0 Å². The zero-order valence-corrected chi connectivity index (χ0v) is 7.70. The highest BCUT2D eigenvalue weighted by atomic mass is 15.0. The van der Waals surface area contributed by atoms with Crippen LogP contribution < -0.4 is 0 Å². The fraction of sp³-hybridized carbons (Fsp3) is 0.556. The Morgan fingerprint density at radius 2 is 2.33 bits per heavy atom. The van der Waals surface area contributed by atoms with E-state index < -0.39 is 5.41 Å². The molecule has 1 rings (SSSR count). The predicted molar refractivity (Wildman–Crippen MR) is 46.5 cm³/mol. The highest BCUT2D eigenvalue weighted by molar-refractivity contribution is 5.21. The van der Waals surface area contributed by atoms with Crippen molar-refractivity contribution in [2.45, 2.75) is 32.7 Å². The topological polar surface area (TPSA) is 41.6 Å². The molecule has 3 heteroatoms. The van der Waals surface area contributed by atoms with Crippen LogP contribution in [0.25, 0.3) is 0 Å². The second kappa shape index (κ2) is 2.98. The molecule has 0 saturated heterocycles. The van der Waals surface area contributed by atoms with Crippen molar-refractivity contribution in [2.24, 2.45) is 0 Å². The molecule has 0 aliphatic heterocycles. The number of hydrogen-bond donors (Lipinski definition) is 0. The second-order valence-electron chi connectivity index (χ2n) is 3.30. The molecule has 64 valence electrons. The molecule has 1 aromatic rings. The molecule has 3 nitrogen and oxygen atoms in total. The van der Waals surface area contributed by atoms with E-state index in [2.05, 4.69) is 11.1 Å². The van der Waals surface area contributed by atoms with Gasteiger partial charge in [-0.25, -0.2) is 4.98 Å². The first-order valence-corrected chi connectivity index (χ1v) is 4.03. The monoisotopic (exact) mass is 163 g/mol. The van der Waals surface area contributed by atoms with Crippen LogP contribution in [0.1, 0.15) is 26.5 Å². The number of imidazole rings is 1. The number of nitriles is 1. The molecule has 1 aromatic heterocycles. The van der Waals surface area contributed by atoms with Gasteiger partial charge in [0.2, 0.25) is 0 Å². The van der Waals surface area contributed by atoms with E-state index in [0.29, 0.717) is 0 Å². The van der Waals surface area contributed by atoms with Gasteiger partial charge in [-0.15, -0.1) is 0 Å². The molecule has 0 spiro atoms. The van der Waals surface area contributed by atoms with Gasteiger partial charge < -0.3 is 4.57 Å². The van der Waals surface area contributed by atoms with Crippen molar-refractivity contribution in [2.75, 3.05) is 0 Å². The predicted octanol–water partition coefficient (Wildman–Crippen LogP) is 1.70. The SMILES string of the molecule is CCn1cncc1C(C)(C)C#N. The lowest BCUT2D eigenvalue weighted by Crippen LogP contribution is -2.18. The molecule has 0 atom stereocenters. The van der Waals surface area contributed by atoms with Crippen molar-refractivity contribution in [3.63, 3.8) is 0 Å². The Kier molecular flexibility index (Phi) is 2.18. The van der Waals surface area contributed by atoms with Gasteiger partial charge in [0.1, 0.15) is 0 Å². The first-order valence-electron chi connectivity index (χ1n) is 4.03. The van der Waals surface area contributed by atoms with Gasteiger partial charge in [0, 0.05) is 12.7 Å². The Morgan fingerprint density at radius 1 is 1.67 bits per heavy atom. The molecule has 0 unspecified atom stereocenters. The summed E-state index contributed by atoms with van der Waals surface area (Å²) in [5.41, 5.74) is 0.541. The molecule has 0 amide bonds. The highest BCUT2D eigenvalue weighted by Crippen LogP contribution is 2.21. The van der Waals surface area contributed by atoms with Crippen LogP contribution in [0.2, 0.25) is 0 Å². The first-order chi connectivity index (χ1) is 5.61. The lowest BCUT2D eigenvalue weighted by Gasteiger charge is -2.16. The Labute approximate surface area is 72.7 Å². The van der Waals surface area contributed by atoms with Gasteiger partial charge in [0.15, 0.2) is 0 Å². The Balaban J connectivity index is 3.11. The van der Waals surface area contributed by atoms with Crippen molar-refractivity contribution in [3.8, 4) is 6.07 Å². The van der Waals surface area contributed by atoms with Gasteiger partial charge in [0.05, 0.1) is 23.5 Å². The fourth-order valence-corrected chi connectivity index (χ4v) is 1.15. The van der Waals surface area contributed by atoms with Crippen LogP contribution in [-0.4, -0.2) is 9.55 Å². The van der Waals surface area contributed by atoms with Gasteiger partial charge in [0.25, 0.3) is 0 Å². The van der Waals surface area contributed by atoms with E-state index >= 15 is 0 Å². The van der Waals surface area contributed by atoms with Crippen LogP contribution in [0.4, 0.5) is 0 Å². The van der Waals surface area contributed by atoms with Crippen molar-refractivity contribution in [1.29, 1.82) is 5.26 Å². The molecule has 0 fully saturated rings. The minimum atomic E-state index is -0.438. The molecule has 0 aliphatic carbocycles. The molecule has 0 aliphatic rings. The summed E-state index contributed by atoms with van der Waals surface area (Å²) >= 11 is 0. The number of rotatable bonds is 2. The number of aryl methyl sites for hydroxylation is 1. The van der Waals surface area contributed by atoms with Crippen LogP contribution >= 0.6 is 0 Å². The fourth-order valence-electron chi connectivity index (χ4n) is 1.15. The summed E-state index contributed by atoms with van der Waals surface area (Å²) in [5, 5.41) is 8.89. The zero-order chi connectivity index (χ0) is 9.19. The summed E-state index contributed by atoms with van der Waals surface area (Å²) in [6.07, 6.45) is 3.52. The van der Waals surface area contributed by atoms with Gasteiger partial charge >= 0.3 is 0 Å². The lowest BCUT2D eigenvalue weighted by molar-refractivity contribution is 0.590. The summed E-state index contributed by atoms with van der Waals surface area (Å²) in [6, 6.07) is 2.26. The Morgan fingerprint density at radius 3 is 2.83 bits per heavy atom. The van der Waals surface area contributed by atoms with Crippen molar-refractivity contribution in [1.82, 2.24) is 9.55 Å². The summed E-state index contributed by atoms with van der Waals surface area (Å²) in [5.74, 6) is 0. The molecule has 0 bridgehead atoms. The minimum Gasteiger partial charge on any atom is -0.333 e. The number of aromatic nitrogens is 2. The maximum absolute atomic E-state index is 8.89. The molecule has 1 heterocycles. The zero-order valence-electron chi connectivity index (χ0n) is 7.70. The molecular formula is C9H13N3. The van der Waals surface area contributed by atoms with E-state index in [-0.39, 0.29) is 0 Å². The highest BCUT2D eigenvalue weighted by Gasteiger charge is 2.23. The first kappa shape index (κ1) is 8.79. The summed E-state index contributed by atoms with van der Waals surface area (Å²) in [7, 11) is 0. The molecule has 0 saturated carbocycles. The number of nitrogens with zero attached hydrogens (tertiary/aromatic N) is 3. The number of hydrogen-bond acceptors (Lipinski definition) is 2. The van der Waals surface area contributed by atoms with E-state index in [0.717, 1.165) is 12.2 Å². The average Bonchev–Trinajstić information content (AvgIpc) is 2.52. The lowest BCUT2D eigenvalue weighted by atomic mass is 9.92. The van der Waals surface area contributed by atoms with Crippen molar-refractivity contribution < 1.29 is 0 Å². The quantitative estimate of drug-likeness (QED) is 0.666. The van der Waals surface area contributed by atoms with Gasteiger partial charge in [-0.05, 0) is 20.8 Å². The maximum Gasteiger partial charge on any atom is 0.0948 e. The summed E-state index contributed by atoms with van der Waals surface area (Å²) < 4.78 is 1.99. The normalized spacial score (nSPS) is 11.2. The van der Waals surface area contributed by atoms with Crippen LogP contribution in [0.3, 0.4) is 0 Å². The molecule has 0 N–H and O–H groups in total. The third-order valence-corrected chi connectivity index (χ3v) is 1.97. The standard InChI is InChI=1S/C9H13N3/c1-4-12-7-11-5-8(12)9(2,3)6-10/h5,7H,4H2,1-3H3. The smallest absolute Gasteiger partial charge is 0.0948 e. The maximum atomic E-state index is 8.89. The van der Waals surface area contributed by atoms with Crippen LogP contribution in [0, 0.1) is 11.3 Å². The van der Waals surface area contributed by atoms with E-state index in [4.69, 9.17) is 5.26 Å². The van der Waals surface area contributed by atoms with Gasteiger partial charge in [-0.1, -0.05) is 0 Å². The van der Waals surface area contributed by atoms with Gasteiger partial charge in [-0.2, -0.15) is 5.26 Å². The molecule has 0 radical (unpaired) electrons. The van der Waals surface area contributed by atoms with Crippen LogP contribution in [0.5, 0.6) is 0 Å². The summed E-state index contributed by atoms with van der Waals surface area (Å²) in [4.78, 5) is 4.02. The van der Waals surface area contributed by atoms with E-state index in [1.54, 1.807) is 12.5 Å². The second-order valence-corrected chi connectivity index (χ2v) is 3.30. The third-order valence-electron chi connectivity index (χ3n) is 1.97. The largest absolute Gasteiger partial charge is 0.333 e. The average molecular weight is 163 g/mol. The van der Waals surface area contributed by atoms with Crippen molar-refractivity contribution in [3.05, 3.63) is 18.2 Å². The molecule has 12 heavy (non-hydrogen) atoms.